The molecule has 3 rings (SSSR count). The topological polar surface area (TPSA) is 68.5 Å². The summed E-state index contributed by atoms with van der Waals surface area (Å²) in [5.74, 6) is 0.246. The van der Waals surface area contributed by atoms with E-state index in [0.717, 1.165) is 46.2 Å². The normalized spacial score (nSPS) is 12.0. The van der Waals surface area contributed by atoms with Crippen LogP contribution >= 0.6 is 0 Å². The molecule has 0 bridgehead atoms. The molecule has 0 aliphatic heterocycles. The average molecular weight is 393 g/mol. The van der Waals surface area contributed by atoms with Crippen LogP contribution in [0.1, 0.15) is 42.5 Å². The number of benzene rings is 2. The number of amides is 1. The Morgan fingerprint density at radius 2 is 1.79 bits per heavy atom. The molecule has 0 spiro atoms. The van der Waals surface area contributed by atoms with E-state index in [9.17, 15) is 9.59 Å². The summed E-state index contributed by atoms with van der Waals surface area (Å²) in [6.07, 6.45) is 1.03. The Balaban J connectivity index is 1.79. The van der Waals surface area contributed by atoms with E-state index in [1.165, 1.54) is 6.07 Å². The van der Waals surface area contributed by atoms with Crippen molar-refractivity contribution in [1.82, 2.24) is 0 Å². The van der Waals surface area contributed by atoms with Gasteiger partial charge in [0, 0.05) is 23.2 Å². The van der Waals surface area contributed by atoms with E-state index < -0.39 is 6.10 Å². The van der Waals surface area contributed by atoms with Gasteiger partial charge in [-0.05, 0) is 62.9 Å². The van der Waals surface area contributed by atoms with Crippen LogP contribution in [0.3, 0.4) is 0 Å². The smallest absolute Gasteiger partial charge is 0.336 e. The molecule has 0 radical (unpaired) electrons. The summed E-state index contributed by atoms with van der Waals surface area (Å²) in [6.45, 7) is 9.74. The Morgan fingerprint density at radius 3 is 2.45 bits per heavy atom. The van der Waals surface area contributed by atoms with Crippen LogP contribution in [0.5, 0.6) is 5.75 Å². The van der Waals surface area contributed by atoms with Crippen molar-refractivity contribution in [3.8, 4) is 5.75 Å². The summed E-state index contributed by atoms with van der Waals surface area (Å²) in [4.78, 5) is 24.5. The Kier molecular flexibility index (Phi) is 6.06. The van der Waals surface area contributed by atoms with Crippen LogP contribution in [0, 0.1) is 20.8 Å². The second kappa shape index (κ2) is 8.52. The van der Waals surface area contributed by atoms with Gasteiger partial charge in [0.1, 0.15) is 11.3 Å². The second-order valence-corrected chi connectivity index (χ2v) is 7.52. The van der Waals surface area contributed by atoms with Crippen LogP contribution in [0.15, 0.2) is 45.6 Å². The van der Waals surface area contributed by atoms with Crippen molar-refractivity contribution in [2.24, 2.45) is 0 Å². The molecule has 1 atom stereocenters. The maximum atomic E-state index is 12.7. The van der Waals surface area contributed by atoms with Crippen molar-refractivity contribution >= 4 is 22.6 Å². The van der Waals surface area contributed by atoms with Crippen LogP contribution in [-0.4, -0.2) is 12.0 Å². The first kappa shape index (κ1) is 20.6. The van der Waals surface area contributed by atoms with Crippen molar-refractivity contribution in [1.29, 1.82) is 0 Å². The van der Waals surface area contributed by atoms with E-state index in [0.29, 0.717) is 11.3 Å². The Morgan fingerprint density at radius 1 is 1.10 bits per heavy atom. The number of nitrogens with one attached hydrogen (secondary N) is 1. The number of hydrogen-bond donors (Lipinski definition) is 1. The van der Waals surface area contributed by atoms with E-state index in [4.69, 9.17) is 9.15 Å². The third-order valence-electron chi connectivity index (χ3n) is 4.93. The van der Waals surface area contributed by atoms with Gasteiger partial charge in [-0.3, -0.25) is 4.79 Å². The first-order valence-electron chi connectivity index (χ1n) is 9.90. The molecular formula is C24H27NO4. The third kappa shape index (κ3) is 4.67. The van der Waals surface area contributed by atoms with E-state index >= 15 is 0 Å². The van der Waals surface area contributed by atoms with E-state index in [1.807, 2.05) is 39.0 Å². The molecule has 5 heteroatoms. The number of carbonyl (C=O) groups excluding carboxylic acids is 1. The highest BCUT2D eigenvalue weighted by atomic mass is 16.5. The lowest BCUT2D eigenvalue weighted by Crippen LogP contribution is -2.30. The number of carbonyl (C=O) groups is 1. The molecule has 1 amide bonds. The molecule has 0 fully saturated rings. The highest BCUT2D eigenvalue weighted by Gasteiger charge is 2.18. The van der Waals surface area contributed by atoms with Gasteiger partial charge in [-0.2, -0.15) is 0 Å². The fourth-order valence-corrected chi connectivity index (χ4v) is 3.62. The lowest BCUT2D eigenvalue weighted by Gasteiger charge is -2.18. The molecule has 1 unspecified atom stereocenters. The summed E-state index contributed by atoms with van der Waals surface area (Å²) < 4.78 is 11.2. The first-order chi connectivity index (χ1) is 13.8. The number of ether oxygens (including phenoxy) is 1. The van der Waals surface area contributed by atoms with Crippen molar-refractivity contribution in [3.05, 3.63) is 69.1 Å². The maximum absolute atomic E-state index is 12.7. The molecule has 29 heavy (non-hydrogen) atoms. The van der Waals surface area contributed by atoms with Gasteiger partial charge >= 0.3 is 5.63 Å². The Labute approximate surface area is 170 Å². The van der Waals surface area contributed by atoms with Gasteiger partial charge in [-0.15, -0.1) is 0 Å². The van der Waals surface area contributed by atoms with Gasteiger partial charge in [0.2, 0.25) is 0 Å². The molecule has 0 aliphatic carbocycles. The molecule has 1 aromatic heterocycles. The molecule has 1 heterocycles. The zero-order chi connectivity index (χ0) is 21.1. The van der Waals surface area contributed by atoms with Crippen LogP contribution in [-0.2, 0) is 11.2 Å². The second-order valence-electron chi connectivity index (χ2n) is 7.52. The number of aryl methyl sites for hydroxylation is 4. The summed E-state index contributed by atoms with van der Waals surface area (Å²) in [7, 11) is 0. The predicted octanol–water partition coefficient (Wildman–Crippen LogP) is 5.08. The zero-order valence-corrected chi connectivity index (χ0v) is 17.6. The van der Waals surface area contributed by atoms with Crippen LogP contribution in [0.4, 0.5) is 5.69 Å². The zero-order valence-electron chi connectivity index (χ0n) is 17.6. The van der Waals surface area contributed by atoms with Crippen molar-refractivity contribution in [3.63, 3.8) is 0 Å². The lowest BCUT2D eigenvalue weighted by atomic mass is 10.0. The summed E-state index contributed by atoms with van der Waals surface area (Å²) in [6, 6.07) is 10.9. The van der Waals surface area contributed by atoms with Crippen LogP contribution in [0.2, 0.25) is 0 Å². The van der Waals surface area contributed by atoms with Gasteiger partial charge in [-0.25, -0.2) is 4.79 Å². The number of rotatable bonds is 6. The largest absolute Gasteiger partial charge is 0.481 e. The molecule has 0 saturated carbocycles. The fraction of sp³-hybridized carbons (Fsp3) is 0.333. The summed E-state index contributed by atoms with van der Waals surface area (Å²) in [5, 5.41) is 3.85. The minimum Gasteiger partial charge on any atom is -0.481 e. The van der Waals surface area contributed by atoms with Gasteiger partial charge in [0.15, 0.2) is 6.10 Å². The molecule has 0 saturated heterocycles. The van der Waals surface area contributed by atoms with Gasteiger partial charge in [0.25, 0.3) is 5.91 Å². The summed E-state index contributed by atoms with van der Waals surface area (Å²) >= 11 is 0. The Hall–Kier alpha value is -3.08. The molecule has 3 aromatic rings. The lowest BCUT2D eigenvalue weighted by molar-refractivity contribution is -0.122. The number of anilines is 1. The fourth-order valence-electron chi connectivity index (χ4n) is 3.62. The van der Waals surface area contributed by atoms with E-state index in [-0.39, 0.29) is 11.5 Å². The van der Waals surface area contributed by atoms with E-state index in [1.54, 1.807) is 19.1 Å². The summed E-state index contributed by atoms with van der Waals surface area (Å²) in [5.41, 5.74) is 5.04. The minimum atomic E-state index is -0.710. The van der Waals surface area contributed by atoms with Crippen molar-refractivity contribution < 1.29 is 13.9 Å². The van der Waals surface area contributed by atoms with E-state index in [2.05, 4.69) is 12.2 Å². The molecule has 1 N–H and O–H groups in total. The Bertz CT molecular complexity index is 1090. The SMILES string of the molecule is CCCc1cc(=O)oc2cc(OC(C)C(=O)Nc3c(C)cc(C)cc3C)ccc12. The highest BCUT2D eigenvalue weighted by molar-refractivity contribution is 5.95. The van der Waals surface area contributed by atoms with Gasteiger partial charge < -0.3 is 14.5 Å². The van der Waals surface area contributed by atoms with Gasteiger partial charge in [-0.1, -0.05) is 31.0 Å². The molecule has 5 nitrogen and oxygen atoms in total. The maximum Gasteiger partial charge on any atom is 0.336 e. The average Bonchev–Trinajstić information content (AvgIpc) is 2.64. The predicted molar refractivity (Wildman–Crippen MR) is 116 cm³/mol. The first-order valence-corrected chi connectivity index (χ1v) is 9.90. The highest BCUT2D eigenvalue weighted by Crippen LogP contribution is 2.25. The monoisotopic (exact) mass is 393 g/mol. The molecular weight excluding hydrogens is 366 g/mol. The molecule has 2 aromatic carbocycles. The minimum absolute atomic E-state index is 0.235. The quantitative estimate of drug-likeness (QED) is 0.593. The van der Waals surface area contributed by atoms with Crippen LogP contribution < -0.4 is 15.7 Å². The number of fused-ring (bicyclic) bond motifs is 1. The third-order valence-corrected chi connectivity index (χ3v) is 4.93. The standard InChI is InChI=1S/C24H27NO4/c1-6-7-18-12-22(26)29-21-13-19(8-9-20(18)21)28-17(5)24(27)25-23-15(3)10-14(2)11-16(23)4/h8-13,17H,6-7H2,1-5H3,(H,25,27). The van der Waals surface area contributed by atoms with Crippen LogP contribution in [0.25, 0.3) is 11.0 Å². The number of hydrogen-bond acceptors (Lipinski definition) is 4. The van der Waals surface area contributed by atoms with Crippen molar-refractivity contribution in [2.75, 3.05) is 5.32 Å². The van der Waals surface area contributed by atoms with Crippen molar-refractivity contribution in [2.45, 2.75) is 53.6 Å². The molecule has 0 aliphatic rings. The van der Waals surface area contributed by atoms with Gasteiger partial charge in [0.05, 0.1) is 0 Å². The molecule has 152 valence electrons.